The fourth-order valence-electron chi connectivity index (χ4n) is 2.57. The number of H-pyrrole nitrogens is 1. The molecule has 118 valence electrons. The van der Waals surface area contributed by atoms with E-state index in [1.165, 1.54) is 0 Å². The average Bonchev–Trinajstić information content (AvgIpc) is 2.92. The maximum atomic E-state index is 12.5. The Labute approximate surface area is 134 Å². The van der Waals surface area contributed by atoms with Gasteiger partial charge in [-0.15, -0.1) is 0 Å². The van der Waals surface area contributed by atoms with Crippen molar-refractivity contribution < 1.29 is 9.90 Å². The minimum atomic E-state index is -1.08. The summed E-state index contributed by atoms with van der Waals surface area (Å²) in [6.45, 7) is 5.22. The molecule has 0 fully saturated rings. The van der Waals surface area contributed by atoms with Crippen molar-refractivity contribution in [2.75, 3.05) is 5.32 Å². The van der Waals surface area contributed by atoms with E-state index in [1.54, 1.807) is 26.0 Å². The van der Waals surface area contributed by atoms with Crippen LogP contribution in [0, 0.1) is 6.92 Å². The number of rotatable bonds is 3. The number of aromatic nitrogens is 2. The number of carbonyl (C=O) groups excluding carboxylic acids is 1. The van der Waals surface area contributed by atoms with Crippen molar-refractivity contribution in [3.8, 4) is 0 Å². The van der Waals surface area contributed by atoms with Crippen LogP contribution in [0.1, 0.15) is 35.6 Å². The number of aromatic amines is 1. The average molecular weight is 309 g/mol. The van der Waals surface area contributed by atoms with Crippen molar-refractivity contribution in [2.45, 2.75) is 26.4 Å². The summed E-state index contributed by atoms with van der Waals surface area (Å²) in [7, 11) is 0. The van der Waals surface area contributed by atoms with Crippen LogP contribution in [0.15, 0.2) is 42.6 Å². The molecule has 2 aromatic heterocycles. The monoisotopic (exact) mass is 309 g/mol. The number of amides is 1. The Balaban J connectivity index is 2.02. The number of aliphatic hydroxyl groups is 1. The molecule has 0 aliphatic rings. The van der Waals surface area contributed by atoms with Gasteiger partial charge in [-0.3, -0.25) is 4.79 Å². The minimum absolute atomic E-state index is 0.297. The number of anilines is 1. The molecule has 1 amide bonds. The van der Waals surface area contributed by atoms with Gasteiger partial charge in [0.2, 0.25) is 0 Å². The number of nitrogens with one attached hydrogen (secondary N) is 2. The Kier molecular flexibility index (Phi) is 3.66. The molecule has 3 aromatic rings. The van der Waals surface area contributed by atoms with Gasteiger partial charge in [0.05, 0.1) is 5.60 Å². The lowest BCUT2D eigenvalue weighted by Gasteiger charge is -2.22. The number of pyridine rings is 1. The molecule has 0 radical (unpaired) electrons. The maximum Gasteiger partial charge on any atom is 0.274 e. The SMILES string of the molecule is Cc1cccc(C(=O)Nc2cc3cc[nH]c3cc2C(C)(C)O)n1. The van der Waals surface area contributed by atoms with Gasteiger partial charge >= 0.3 is 0 Å². The van der Waals surface area contributed by atoms with Gasteiger partial charge in [0.25, 0.3) is 5.91 Å². The zero-order chi connectivity index (χ0) is 16.6. The van der Waals surface area contributed by atoms with Crippen LogP contribution in [-0.4, -0.2) is 21.0 Å². The van der Waals surface area contributed by atoms with E-state index in [4.69, 9.17) is 0 Å². The lowest BCUT2D eigenvalue weighted by Crippen LogP contribution is -2.21. The van der Waals surface area contributed by atoms with Crippen LogP contribution in [0.3, 0.4) is 0 Å². The quantitative estimate of drug-likeness (QED) is 0.694. The molecule has 0 atom stereocenters. The second-order valence-corrected chi connectivity index (χ2v) is 6.14. The zero-order valence-electron chi connectivity index (χ0n) is 13.3. The van der Waals surface area contributed by atoms with Gasteiger partial charge in [-0.1, -0.05) is 6.07 Å². The van der Waals surface area contributed by atoms with E-state index in [0.29, 0.717) is 16.9 Å². The van der Waals surface area contributed by atoms with E-state index < -0.39 is 5.60 Å². The van der Waals surface area contributed by atoms with Crippen LogP contribution in [-0.2, 0) is 5.60 Å². The predicted octanol–water partition coefficient (Wildman–Crippen LogP) is 3.35. The molecule has 0 saturated carbocycles. The first-order valence-corrected chi connectivity index (χ1v) is 7.43. The summed E-state index contributed by atoms with van der Waals surface area (Å²) in [5, 5.41) is 14.2. The van der Waals surface area contributed by atoms with Crippen LogP contribution in [0.2, 0.25) is 0 Å². The first-order valence-electron chi connectivity index (χ1n) is 7.43. The molecule has 23 heavy (non-hydrogen) atoms. The number of carbonyl (C=O) groups is 1. The van der Waals surface area contributed by atoms with E-state index in [2.05, 4.69) is 15.3 Å². The zero-order valence-corrected chi connectivity index (χ0v) is 13.3. The lowest BCUT2D eigenvalue weighted by atomic mass is 9.95. The smallest absolute Gasteiger partial charge is 0.274 e. The number of hydrogen-bond acceptors (Lipinski definition) is 3. The Morgan fingerprint density at radius 2 is 2.04 bits per heavy atom. The summed E-state index contributed by atoms with van der Waals surface area (Å²) < 4.78 is 0. The highest BCUT2D eigenvalue weighted by molar-refractivity contribution is 6.04. The van der Waals surface area contributed by atoms with Crippen molar-refractivity contribution >= 4 is 22.5 Å². The molecule has 0 aliphatic heterocycles. The van der Waals surface area contributed by atoms with Crippen molar-refractivity contribution in [3.05, 3.63) is 59.5 Å². The number of fused-ring (bicyclic) bond motifs is 1. The molecule has 0 unspecified atom stereocenters. The Bertz CT molecular complexity index is 875. The summed E-state index contributed by atoms with van der Waals surface area (Å²) in [5.74, 6) is -0.297. The molecular weight excluding hydrogens is 290 g/mol. The molecule has 5 nitrogen and oxygen atoms in total. The summed E-state index contributed by atoms with van der Waals surface area (Å²) in [4.78, 5) is 19.8. The molecule has 0 spiro atoms. The molecule has 0 bridgehead atoms. The number of nitrogens with zero attached hydrogens (tertiary/aromatic N) is 1. The standard InChI is InChI=1S/C18H19N3O2/c1-11-5-4-6-14(20-11)17(22)21-16-9-12-7-8-19-15(12)10-13(16)18(2,3)23/h4-10,19,23H,1-3H3,(H,21,22). The van der Waals surface area contributed by atoms with Gasteiger partial charge in [-0.05, 0) is 51.1 Å². The van der Waals surface area contributed by atoms with Gasteiger partial charge in [0, 0.05) is 34.0 Å². The normalized spacial score (nSPS) is 11.7. The third kappa shape index (κ3) is 3.10. The Hall–Kier alpha value is -2.66. The van der Waals surface area contributed by atoms with Crippen LogP contribution in [0.4, 0.5) is 5.69 Å². The summed E-state index contributed by atoms with van der Waals surface area (Å²) >= 11 is 0. The van der Waals surface area contributed by atoms with Gasteiger partial charge in [0.15, 0.2) is 0 Å². The molecule has 3 rings (SSSR count). The van der Waals surface area contributed by atoms with Crippen LogP contribution < -0.4 is 5.32 Å². The fraction of sp³-hybridized carbons (Fsp3) is 0.222. The van der Waals surface area contributed by atoms with E-state index >= 15 is 0 Å². The summed E-state index contributed by atoms with van der Waals surface area (Å²) in [6.07, 6.45) is 1.83. The number of aryl methyl sites for hydroxylation is 1. The second-order valence-electron chi connectivity index (χ2n) is 6.14. The van der Waals surface area contributed by atoms with Crippen LogP contribution in [0.25, 0.3) is 10.9 Å². The van der Waals surface area contributed by atoms with Gasteiger partial charge in [-0.25, -0.2) is 4.98 Å². The van der Waals surface area contributed by atoms with Crippen LogP contribution >= 0.6 is 0 Å². The molecule has 2 heterocycles. The van der Waals surface area contributed by atoms with Crippen molar-refractivity contribution in [2.24, 2.45) is 0 Å². The molecular formula is C18H19N3O2. The van der Waals surface area contributed by atoms with Crippen molar-refractivity contribution in [1.82, 2.24) is 9.97 Å². The lowest BCUT2D eigenvalue weighted by molar-refractivity contribution is 0.0794. The molecule has 0 aliphatic carbocycles. The summed E-state index contributed by atoms with van der Waals surface area (Å²) in [5.41, 5.74) is 2.18. The van der Waals surface area contributed by atoms with E-state index in [0.717, 1.165) is 16.6 Å². The first kappa shape index (κ1) is 15.2. The predicted molar refractivity (Wildman–Crippen MR) is 90.5 cm³/mol. The van der Waals surface area contributed by atoms with Gasteiger partial charge in [-0.2, -0.15) is 0 Å². The molecule has 5 heteroatoms. The van der Waals surface area contributed by atoms with Crippen LogP contribution in [0.5, 0.6) is 0 Å². The molecule has 3 N–H and O–H groups in total. The van der Waals surface area contributed by atoms with E-state index in [1.807, 2.05) is 37.4 Å². The Morgan fingerprint density at radius 3 is 2.74 bits per heavy atom. The highest BCUT2D eigenvalue weighted by Gasteiger charge is 2.22. The number of hydrogen-bond donors (Lipinski definition) is 3. The topological polar surface area (TPSA) is 78.0 Å². The highest BCUT2D eigenvalue weighted by Crippen LogP contribution is 2.32. The largest absolute Gasteiger partial charge is 0.386 e. The first-order chi connectivity index (χ1) is 10.8. The fourth-order valence-corrected chi connectivity index (χ4v) is 2.57. The minimum Gasteiger partial charge on any atom is -0.386 e. The van der Waals surface area contributed by atoms with E-state index in [9.17, 15) is 9.90 Å². The number of benzene rings is 1. The third-order valence-corrected chi connectivity index (χ3v) is 3.72. The van der Waals surface area contributed by atoms with Gasteiger partial charge in [0.1, 0.15) is 5.69 Å². The van der Waals surface area contributed by atoms with Gasteiger partial charge < -0.3 is 15.4 Å². The maximum absolute atomic E-state index is 12.5. The third-order valence-electron chi connectivity index (χ3n) is 3.72. The molecule has 0 saturated heterocycles. The van der Waals surface area contributed by atoms with E-state index in [-0.39, 0.29) is 5.91 Å². The summed E-state index contributed by atoms with van der Waals surface area (Å²) in [6, 6.07) is 10.9. The van der Waals surface area contributed by atoms with Crippen molar-refractivity contribution in [1.29, 1.82) is 0 Å². The van der Waals surface area contributed by atoms with Crippen molar-refractivity contribution in [3.63, 3.8) is 0 Å². The highest BCUT2D eigenvalue weighted by atomic mass is 16.3. The second kappa shape index (κ2) is 5.52. The Morgan fingerprint density at radius 1 is 1.26 bits per heavy atom. The molecule has 1 aromatic carbocycles.